The fourth-order valence-corrected chi connectivity index (χ4v) is 12.2. The van der Waals surface area contributed by atoms with Crippen molar-refractivity contribution in [3.05, 3.63) is 43.3 Å². The van der Waals surface area contributed by atoms with Crippen LogP contribution in [0.1, 0.15) is 102 Å². The SMILES string of the molecule is C1CCC([PH+](C2CCCCC2)C2CCCCC2)CC1.CS(=O)(=O)O.[CH3-].[Cl][Ru]=[CH]c1ccccc1. The van der Waals surface area contributed by atoms with Crippen molar-refractivity contribution in [2.75, 3.05) is 6.26 Å². The van der Waals surface area contributed by atoms with Gasteiger partial charge in [0, 0.05) is 7.92 Å². The average molecular weight is 619 g/mol. The molecule has 0 aliphatic heterocycles. The quantitative estimate of drug-likeness (QED) is 0.160. The van der Waals surface area contributed by atoms with E-state index >= 15 is 0 Å². The van der Waals surface area contributed by atoms with Crippen LogP contribution in [0.2, 0.25) is 0 Å². The van der Waals surface area contributed by atoms with Gasteiger partial charge < -0.3 is 7.43 Å². The van der Waals surface area contributed by atoms with Gasteiger partial charge in [0.25, 0.3) is 10.1 Å². The van der Waals surface area contributed by atoms with E-state index in [-0.39, 0.29) is 31.0 Å². The zero-order valence-corrected chi connectivity index (χ0v) is 25.5. The normalized spacial score (nSPS) is 20.8. The second-order valence-electron chi connectivity index (χ2n) is 9.83. The first-order valence-electron chi connectivity index (χ1n) is 12.8. The molecule has 1 N–H and O–H groups in total. The number of hydrogen-bond donors (Lipinski definition) is 1. The van der Waals surface area contributed by atoms with Crippen LogP contribution < -0.4 is 0 Å². The summed E-state index contributed by atoms with van der Waals surface area (Å²) in [5.74, 6) is 0. The van der Waals surface area contributed by atoms with Crippen LogP contribution in [0.15, 0.2) is 30.3 Å². The Bertz CT molecular complexity index is 707. The fourth-order valence-electron chi connectivity index (χ4n) is 5.87. The summed E-state index contributed by atoms with van der Waals surface area (Å²) in [5, 5.41) is 0. The van der Waals surface area contributed by atoms with Crippen molar-refractivity contribution in [1.29, 1.82) is 0 Å². The summed E-state index contributed by atoms with van der Waals surface area (Å²) in [6, 6.07) is 10.1. The van der Waals surface area contributed by atoms with Crippen LogP contribution >= 0.6 is 17.6 Å². The topological polar surface area (TPSA) is 54.4 Å². The molecule has 7 heteroatoms. The Kier molecular flexibility index (Phi) is 17.7. The van der Waals surface area contributed by atoms with Gasteiger partial charge in [-0.25, -0.2) is 0 Å². The summed E-state index contributed by atoms with van der Waals surface area (Å²) < 4.78 is 27.9. The van der Waals surface area contributed by atoms with Crippen molar-refractivity contribution < 1.29 is 28.7 Å². The van der Waals surface area contributed by atoms with E-state index in [1.54, 1.807) is 96.3 Å². The first kappa shape index (κ1) is 32.4. The second kappa shape index (κ2) is 18.6. The number of benzene rings is 1. The molecule has 3 saturated carbocycles. The Morgan fingerprint density at radius 2 is 1.12 bits per heavy atom. The van der Waals surface area contributed by atoms with E-state index in [4.69, 9.17) is 14.2 Å². The zero-order chi connectivity index (χ0) is 23.9. The van der Waals surface area contributed by atoms with E-state index in [0.717, 1.165) is 0 Å². The van der Waals surface area contributed by atoms with Crippen LogP contribution in [-0.4, -0.2) is 40.8 Å². The Hall–Kier alpha value is 0.343. The summed E-state index contributed by atoms with van der Waals surface area (Å²) in [7, 11) is 1.86. The van der Waals surface area contributed by atoms with Gasteiger partial charge in [0.2, 0.25) is 0 Å². The van der Waals surface area contributed by atoms with Crippen molar-refractivity contribution in [1.82, 2.24) is 0 Å². The van der Waals surface area contributed by atoms with E-state index in [1.165, 1.54) is 22.5 Å². The predicted octanol–water partition coefficient (Wildman–Crippen LogP) is 8.23. The number of halogens is 1. The van der Waals surface area contributed by atoms with Crippen molar-refractivity contribution in [2.45, 2.75) is 113 Å². The van der Waals surface area contributed by atoms with Crippen molar-refractivity contribution in [3.63, 3.8) is 0 Å². The molecule has 0 radical (unpaired) electrons. The summed E-state index contributed by atoms with van der Waals surface area (Å²) in [5.41, 5.74) is 4.91. The molecule has 0 spiro atoms. The maximum atomic E-state index is 9.19. The van der Waals surface area contributed by atoms with E-state index < -0.39 is 10.1 Å². The first-order valence-corrected chi connectivity index (χ1v) is 19.6. The molecule has 199 valence electrons. The summed E-state index contributed by atoms with van der Waals surface area (Å²) in [4.78, 5) is 0. The third-order valence-electron chi connectivity index (χ3n) is 7.19. The molecular weight excluding hydrogens is 572 g/mol. The predicted molar refractivity (Wildman–Crippen MR) is 150 cm³/mol. The maximum absolute atomic E-state index is 9.19. The zero-order valence-electron chi connectivity index (χ0n) is 21.2. The Morgan fingerprint density at radius 3 is 1.41 bits per heavy atom. The molecule has 0 heterocycles. The van der Waals surface area contributed by atoms with Crippen LogP contribution in [-0.2, 0) is 25.8 Å². The van der Waals surface area contributed by atoms with E-state index in [1.807, 2.05) is 18.2 Å². The molecule has 34 heavy (non-hydrogen) atoms. The molecule has 3 aliphatic rings. The van der Waals surface area contributed by atoms with E-state index in [2.05, 4.69) is 16.7 Å². The third kappa shape index (κ3) is 14.2. The molecule has 0 atom stereocenters. The van der Waals surface area contributed by atoms with E-state index in [0.29, 0.717) is 6.26 Å². The summed E-state index contributed by atoms with van der Waals surface area (Å²) in [6.45, 7) is 0. The molecule has 3 fully saturated rings. The molecule has 4 rings (SSSR count). The van der Waals surface area contributed by atoms with Gasteiger partial charge in [-0.1, -0.05) is 19.3 Å². The number of hydrogen-bond acceptors (Lipinski definition) is 2. The van der Waals surface area contributed by atoms with Gasteiger partial charge in [0.1, 0.15) is 0 Å². The summed E-state index contributed by atoms with van der Waals surface area (Å²) >= 11 is -0.0765. The van der Waals surface area contributed by atoms with Gasteiger partial charge in [-0.05, 0) is 77.0 Å². The molecule has 1 aromatic rings. The second-order valence-corrected chi connectivity index (χ2v) is 16.5. The van der Waals surface area contributed by atoms with Crippen LogP contribution in [0.5, 0.6) is 0 Å². The van der Waals surface area contributed by atoms with Gasteiger partial charge in [0.15, 0.2) is 0 Å². The van der Waals surface area contributed by atoms with Crippen LogP contribution in [0.25, 0.3) is 0 Å². The van der Waals surface area contributed by atoms with E-state index in [9.17, 15) is 8.42 Å². The van der Waals surface area contributed by atoms with Gasteiger partial charge in [-0.3, -0.25) is 4.55 Å². The van der Waals surface area contributed by atoms with Crippen LogP contribution in [0.4, 0.5) is 0 Å². The standard InChI is InChI=1S/C18H33P.C7H6.CH4O3S.CH3.ClH.Ru/c1-4-10-16(11-5-1)19(17-12-6-2-7-13-17)18-14-8-3-9-15-18;1-7-5-3-2-4-6-7;1-5(2,3)4;;;/h16-18H,1-15H2;1-6H;1H3,(H,2,3,4);1H3;1H;/q;;;-1;;+1. The minimum absolute atomic E-state index is 0. The molecule has 0 amide bonds. The van der Waals surface area contributed by atoms with Crippen molar-refractivity contribution >= 4 is 32.3 Å². The molecule has 3 nitrogen and oxygen atoms in total. The van der Waals surface area contributed by atoms with Crippen LogP contribution in [0.3, 0.4) is 0 Å². The monoisotopic (exact) mass is 619 g/mol. The fraction of sp³-hybridized carbons (Fsp3) is 0.704. The molecule has 0 aromatic heterocycles. The molecule has 0 saturated heterocycles. The first-order chi connectivity index (χ1) is 15.9. The molecule has 0 unspecified atom stereocenters. The van der Waals surface area contributed by atoms with Crippen molar-refractivity contribution in [2.24, 2.45) is 0 Å². The van der Waals surface area contributed by atoms with Gasteiger partial charge in [-0.15, -0.1) is 0 Å². The third-order valence-corrected chi connectivity index (χ3v) is 13.0. The Labute approximate surface area is 222 Å². The van der Waals surface area contributed by atoms with Gasteiger partial charge in [0.05, 0.1) is 23.2 Å². The Balaban J connectivity index is 0.000000323. The van der Waals surface area contributed by atoms with Gasteiger partial charge >= 0.3 is 65.9 Å². The molecule has 3 aliphatic carbocycles. The van der Waals surface area contributed by atoms with Crippen LogP contribution in [0, 0.1) is 7.43 Å². The number of rotatable bonds is 4. The van der Waals surface area contributed by atoms with Crippen molar-refractivity contribution in [3.8, 4) is 0 Å². The summed E-state index contributed by atoms with van der Waals surface area (Å²) in [6.07, 6.45) is 24.5. The molecular formula is C27H47ClO3PRuS. The Morgan fingerprint density at radius 1 is 0.794 bits per heavy atom. The average Bonchev–Trinajstić information content (AvgIpc) is 2.82. The molecule has 1 aromatic carbocycles. The van der Waals surface area contributed by atoms with Gasteiger partial charge in [-0.2, -0.15) is 8.42 Å². The molecule has 0 bridgehead atoms. The minimum atomic E-state index is -3.67.